The molecule has 0 atom stereocenters. The summed E-state index contributed by atoms with van der Waals surface area (Å²) in [7, 11) is 1.25. The molecule has 1 aliphatic rings. The van der Waals surface area contributed by atoms with E-state index >= 15 is 0 Å². The zero-order valence-electron chi connectivity index (χ0n) is 16.3. The number of amides is 1. The van der Waals surface area contributed by atoms with Crippen LogP contribution in [0.3, 0.4) is 0 Å². The van der Waals surface area contributed by atoms with Crippen LogP contribution in [0, 0.1) is 0 Å². The molecule has 3 aromatic rings. The number of nitrogens with one attached hydrogen (secondary N) is 1. The molecular weight excluding hydrogens is 445 g/mol. The van der Waals surface area contributed by atoms with Gasteiger partial charge in [-0.15, -0.1) is 0 Å². The molecule has 31 heavy (non-hydrogen) atoms. The summed E-state index contributed by atoms with van der Waals surface area (Å²) in [6.45, 7) is -0.0439. The zero-order chi connectivity index (χ0) is 22.1. The maximum Gasteiger partial charge on any atom is 0.337 e. The number of rotatable bonds is 6. The maximum absolute atomic E-state index is 12.7. The first-order valence-electron chi connectivity index (χ1n) is 9.26. The van der Waals surface area contributed by atoms with Gasteiger partial charge in [-0.05, 0) is 36.4 Å². The van der Waals surface area contributed by atoms with E-state index in [4.69, 9.17) is 37.5 Å². The first-order chi connectivity index (χ1) is 14.9. The van der Waals surface area contributed by atoms with Gasteiger partial charge in [0.05, 0.1) is 35.9 Å². The van der Waals surface area contributed by atoms with E-state index in [0.29, 0.717) is 38.3 Å². The highest BCUT2D eigenvalue weighted by Crippen LogP contribution is 2.31. The third-order valence-corrected chi connectivity index (χ3v) is 5.52. The summed E-state index contributed by atoms with van der Waals surface area (Å²) in [4.78, 5) is 30.6. The van der Waals surface area contributed by atoms with Crippen LogP contribution < -0.4 is 5.32 Å². The number of hydrogen-bond acceptors (Lipinski definition) is 7. The van der Waals surface area contributed by atoms with Gasteiger partial charge in [-0.3, -0.25) is 4.79 Å². The summed E-state index contributed by atoms with van der Waals surface area (Å²) in [5, 5.41) is 13.0. The number of β-amino-alcohol motifs (C(OH)–C–C–N with tert-alkyl or cyclic N) is 1. The van der Waals surface area contributed by atoms with E-state index in [1.165, 1.54) is 12.0 Å². The van der Waals surface area contributed by atoms with Crippen LogP contribution in [0.5, 0.6) is 0 Å². The third kappa shape index (κ3) is 4.10. The molecule has 1 aromatic heterocycles. The van der Waals surface area contributed by atoms with Gasteiger partial charge >= 0.3 is 5.97 Å². The number of aliphatic hydroxyl groups excluding tert-OH is 1. The number of nitrogens with zero attached hydrogens (tertiary/aromatic N) is 2. The Hall–Kier alpha value is -3.07. The monoisotopic (exact) mass is 461 g/mol. The van der Waals surface area contributed by atoms with Crippen LogP contribution in [0.1, 0.15) is 0 Å². The molecule has 2 heterocycles. The fraction of sp³-hybridized carbons (Fsp3) is 0.190. The highest BCUT2D eigenvalue weighted by atomic mass is 35.5. The van der Waals surface area contributed by atoms with Crippen molar-refractivity contribution < 1.29 is 23.8 Å². The zero-order valence-corrected chi connectivity index (χ0v) is 17.8. The number of esters is 1. The Kier molecular flexibility index (Phi) is 5.86. The molecule has 0 radical (unpaired) electrons. The summed E-state index contributed by atoms with van der Waals surface area (Å²) >= 11 is 12.0. The summed E-state index contributed by atoms with van der Waals surface area (Å²) in [5.41, 5.74) is 2.58. The first-order valence-corrected chi connectivity index (χ1v) is 10.0. The number of hydrogen-bond donors (Lipinski definition) is 2. The first kappa shape index (κ1) is 21.2. The van der Waals surface area contributed by atoms with E-state index in [0.717, 1.165) is 0 Å². The number of benzene rings is 2. The highest BCUT2D eigenvalue weighted by Gasteiger charge is 2.34. The number of aromatic nitrogens is 1. The van der Waals surface area contributed by atoms with Crippen molar-refractivity contribution in [2.45, 2.75) is 0 Å². The van der Waals surface area contributed by atoms with Crippen LogP contribution in [-0.2, 0) is 14.3 Å². The van der Waals surface area contributed by atoms with Crippen molar-refractivity contribution in [2.75, 3.05) is 32.1 Å². The average molecular weight is 462 g/mol. The molecular formula is C21H17Cl2N3O5. The van der Waals surface area contributed by atoms with Gasteiger partial charge in [-0.25, -0.2) is 9.78 Å². The van der Waals surface area contributed by atoms with Crippen LogP contribution >= 0.6 is 23.2 Å². The molecule has 1 aliphatic heterocycles. The Morgan fingerprint density at radius 3 is 2.77 bits per heavy atom. The highest BCUT2D eigenvalue weighted by molar-refractivity contribution is 6.42. The second-order valence-corrected chi connectivity index (χ2v) is 7.57. The minimum Gasteiger partial charge on any atom is -0.466 e. The fourth-order valence-electron chi connectivity index (χ4n) is 3.25. The molecule has 0 spiro atoms. The number of halogens is 2. The minimum absolute atomic E-state index is 0.0576. The second-order valence-electron chi connectivity index (χ2n) is 6.75. The number of anilines is 1. The van der Waals surface area contributed by atoms with Crippen molar-refractivity contribution in [1.29, 1.82) is 0 Å². The molecule has 8 nitrogen and oxygen atoms in total. The van der Waals surface area contributed by atoms with Crippen LogP contribution in [0.15, 0.2) is 52.1 Å². The van der Waals surface area contributed by atoms with Gasteiger partial charge in [0.2, 0.25) is 5.89 Å². The summed E-state index contributed by atoms with van der Waals surface area (Å²) in [5.74, 6) is -0.641. The Bertz CT molecular complexity index is 1220. The number of aliphatic hydroxyl groups is 1. The number of fused-ring (bicyclic) bond motifs is 1. The maximum atomic E-state index is 12.7. The van der Waals surface area contributed by atoms with Crippen molar-refractivity contribution >= 4 is 51.9 Å². The molecule has 0 aliphatic carbocycles. The summed E-state index contributed by atoms with van der Waals surface area (Å²) < 4.78 is 10.6. The molecule has 0 bridgehead atoms. The van der Waals surface area contributed by atoms with Gasteiger partial charge in [0.1, 0.15) is 11.2 Å². The van der Waals surface area contributed by atoms with Gasteiger partial charge in [0, 0.05) is 17.8 Å². The van der Waals surface area contributed by atoms with Gasteiger partial charge in [-0.2, -0.15) is 0 Å². The molecule has 2 aromatic carbocycles. The topological polar surface area (TPSA) is 105 Å². The summed E-state index contributed by atoms with van der Waals surface area (Å²) in [6, 6.07) is 10.2. The van der Waals surface area contributed by atoms with Gasteiger partial charge in [0.15, 0.2) is 5.58 Å². The predicted molar refractivity (Wildman–Crippen MR) is 116 cm³/mol. The van der Waals surface area contributed by atoms with Gasteiger partial charge in [0.25, 0.3) is 5.91 Å². The number of carbonyl (C=O) groups excluding carboxylic acids is 2. The molecule has 0 saturated heterocycles. The number of oxazole rings is 1. The second kappa shape index (κ2) is 8.58. The molecule has 2 N–H and O–H groups in total. The Morgan fingerprint density at radius 1 is 1.26 bits per heavy atom. The standard InChI is InChI=1S/C21H17Cl2N3O5/c1-30-21(29)13-10-26(6-7-27)20(28)18(13)24-12-3-5-17-16(9-12)25-19(31-17)11-2-4-14(22)15(23)8-11/h2-5,8-9,24,27H,6-7,10H2,1H3. The fourth-order valence-corrected chi connectivity index (χ4v) is 3.55. The lowest BCUT2D eigenvalue weighted by Gasteiger charge is -2.14. The van der Waals surface area contributed by atoms with Gasteiger partial charge in [-0.1, -0.05) is 23.2 Å². The number of methoxy groups -OCH3 is 1. The molecule has 160 valence electrons. The molecule has 0 fully saturated rings. The SMILES string of the molecule is COC(=O)C1=C(Nc2ccc3oc(-c4ccc(Cl)c(Cl)c4)nc3c2)C(=O)N(CCO)C1. The number of carbonyl (C=O) groups is 2. The van der Waals surface area contributed by atoms with Crippen molar-refractivity contribution in [2.24, 2.45) is 0 Å². The van der Waals surface area contributed by atoms with Crippen molar-refractivity contribution in [3.05, 3.63) is 57.7 Å². The van der Waals surface area contributed by atoms with Crippen molar-refractivity contribution in [3.8, 4) is 11.5 Å². The quantitative estimate of drug-likeness (QED) is 0.541. The Morgan fingerprint density at radius 2 is 2.06 bits per heavy atom. The minimum atomic E-state index is -0.610. The van der Waals surface area contributed by atoms with Crippen molar-refractivity contribution in [1.82, 2.24) is 9.88 Å². The van der Waals surface area contributed by atoms with E-state index in [1.807, 2.05) is 0 Å². The van der Waals surface area contributed by atoms with Crippen molar-refractivity contribution in [3.63, 3.8) is 0 Å². The Labute approximate surface area is 187 Å². The largest absolute Gasteiger partial charge is 0.466 e. The lowest BCUT2D eigenvalue weighted by Crippen LogP contribution is -2.31. The Balaban J connectivity index is 1.65. The molecule has 4 rings (SSSR count). The van der Waals surface area contributed by atoms with E-state index in [1.54, 1.807) is 36.4 Å². The third-order valence-electron chi connectivity index (χ3n) is 4.78. The van der Waals surface area contributed by atoms with Crippen LogP contribution in [0.25, 0.3) is 22.6 Å². The van der Waals surface area contributed by atoms with E-state index in [-0.39, 0.29) is 31.0 Å². The average Bonchev–Trinajstić information content (AvgIpc) is 3.32. The lowest BCUT2D eigenvalue weighted by atomic mass is 10.2. The van der Waals surface area contributed by atoms with E-state index in [2.05, 4.69) is 10.3 Å². The molecule has 0 unspecified atom stereocenters. The predicted octanol–water partition coefficient (Wildman–Crippen LogP) is 3.48. The molecule has 10 heteroatoms. The molecule has 0 saturated carbocycles. The summed E-state index contributed by atoms with van der Waals surface area (Å²) in [6.07, 6.45) is 0. The molecule has 1 amide bonds. The van der Waals surface area contributed by atoms with Crippen LogP contribution in [-0.4, -0.2) is 53.7 Å². The smallest absolute Gasteiger partial charge is 0.337 e. The lowest BCUT2D eigenvalue weighted by molar-refractivity contribution is -0.136. The van der Waals surface area contributed by atoms with Gasteiger partial charge < -0.3 is 24.5 Å². The van der Waals surface area contributed by atoms with E-state index in [9.17, 15) is 9.59 Å². The van der Waals surface area contributed by atoms with Crippen LogP contribution in [0.2, 0.25) is 10.0 Å². The van der Waals surface area contributed by atoms with E-state index < -0.39 is 11.9 Å². The normalized spacial score (nSPS) is 13.9. The van der Waals surface area contributed by atoms with Crippen LogP contribution in [0.4, 0.5) is 5.69 Å². The number of ether oxygens (including phenoxy) is 1.